The Morgan fingerprint density at radius 2 is 1.95 bits per heavy atom. The number of hydrogen-bond donors (Lipinski definition) is 0. The van der Waals surface area contributed by atoms with Gasteiger partial charge in [0.1, 0.15) is 12.4 Å². The number of rotatable bonds is 4. The molecule has 7 heteroatoms. The summed E-state index contributed by atoms with van der Waals surface area (Å²) in [4.78, 5) is 6.73. The van der Waals surface area contributed by atoms with Crippen molar-refractivity contribution in [1.82, 2.24) is 20.4 Å². The van der Waals surface area contributed by atoms with E-state index in [2.05, 4.69) is 15.5 Å². The lowest BCUT2D eigenvalue weighted by Crippen LogP contribution is -2.14. The first-order valence-corrected chi connectivity index (χ1v) is 6.52. The van der Waals surface area contributed by atoms with E-state index in [9.17, 15) is 4.39 Å². The van der Waals surface area contributed by atoms with E-state index in [4.69, 9.17) is 16.4 Å². The van der Waals surface area contributed by atoms with Crippen LogP contribution in [0.5, 0.6) is 0 Å². The summed E-state index contributed by atoms with van der Waals surface area (Å²) < 4.78 is 12.9. The molecular formula is C14H10ClFN4O. The molecule has 3 aromatic rings. The van der Waals surface area contributed by atoms with Crippen LogP contribution in [-0.2, 0) is 6.61 Å². The molecule has 0 atom stereocenters. The van der Waals surface area contributed by atoms with Gasteiger partial charge in [-0.1, -0.05) is 28.6 Å². The summed E-state index contributed by atoms with van der Waals surface area (Å²) in [6.45, 7) is 0.264. The van der Waals surface area contributed by atoms with Crippen molar-refractivity contribution in [1.29, 1.82) is 0 Å². The highest BCUT2D eigenvalue weighted by Crippen LogP contribution is 2.16. The first kappa shape index (κ1) is 13.5. The molecule has 0 amide bonds. The van der Waals surface area contributed by atoms with Crippen LogP contribution in [0.15, 0.2) is 48.5 Å². The van der Waals surface area contributed by atoms with Gasteiger partial charge in [-0.05, 0) is 52.4 Å². The van der Waals surface area contributed by atoms with E-state index in [1.54, 1.807) is 24.3 Å². The van der Waals surface area contributed by atoms with Crippen LogP contribution in [0.4, 0.5) is 4.39 Å². The van der Waals surface area contributed by atoms with Crippen molar-refractivity contribution < 1.29 is 9.23 Å². The number of aromatic nitrogens is 4. The van der Waals surface area contributed by atoms with E-state index in [1.165, 1.54) is 17.0 Å². The average Bonchev–Trinajstić information content (AvgIpc) is 2.94. The largest absolute Gasteiger partial charge is 0.389 e. The molecule has 5 nitrogen and oxygen atoms in total. The highest BCUT2D eigenvalue weighted by molar-refractivity contribution is 6.30. The van der Waals surface area contributed by atoms with Crippen molar-refractivity contribution in [2.75, 3.05) is 0 Å². The summed E-state index contributed by atoms with van der Waals surface area (Å²) in [5, 5.41) is 11.8. The summed E-state index contributed by atoms with van der Waals surface area (Å²) in [6.07, 6.45) is 0. The summed E-state index contributed by atoms with van der Waals surface area (Å²) in [6, 6.07) is 13.1. The molecule has 0 spiro atoms. The first-order valence-electron chi connectivity index (χ1n) is 6.14. The maximum absolute atomic E-state index is 12.9. The van der Waals surface area contributed by atoms with E-state index < -0.39 is 0 Å². The third kappa shape index (κ3) is 3.17. The number of tetrazole rings is 1. The molecule has 0 aliphatic rings. The zero-order valence-electron chi connectivity index (χ0n) is 10.8. The number of halogens is 2. The summed E-state index contributed by atoms with van der Waals surface area (Å²) >= 11 is 5.91. The normalized spacial score (nSPS) is 10.6. The molecule has 0 saturated carbocycles. The zero-order chi connectivity index (χ0) is 14.7. The molecule has 3 rings (SSSR count). The second-order valence-corrected chi connectivity index (χ2v) is 4.72. The van der Waals surface area contributed by atoms with Crippen molar-refractivity contribution in [2.45, 2.75) is 6.61 Å². The monoisotopic (exact) mass is 304 g/mol. The highest BCUT2D eigenvalue weighted by Gasteiger charge is 2.10. The van der Waals surface area contributed by atoms with Gasteiger partial charge in [-0.25, -0.2) is 4.39 Å². The second-order valence-electron chi connectivity index (χ2n) is 4.29. The average molecular weight is 305 g/mol. The summed E-state index contributed by atoms with van der Waals surface area (Å²) in [5.74, 6) is 0.0784. The zero-order valence-corrected chi connectivity index (χ0v) is 11.5. The van der Waals surface area contributed by atoms with Crippen LogP contribution in [-0.4, -0.2) is 20.4 Å². The third-order valence-corrected chi connectivity index (χ3v) is 3.02. The van der Waals surface area contributed by atoms with Crippen LogP contribution in [0.2, 0.25) is 5.02 Å². The summed E-state index contributed by atoms with van der Waals surface area (Å²) in [7, 11) is 0. The van der Waals surface area contributed by atoms with Crippen LogP contribution in [0, 0.1) is 5.82 Å². The molecule has 1 aromatic heterocycles. The Hall–Kier alpha value is -2.47. The smallest absolute Gasteiger partial charge is 0.222 e. The minimum atomic E-state index is -0.322. The number of nitrogens with zero attached hydrogens (tertiary/aromatic N) is 4. The van der Waals surface area contributed by atoms with Gasteiger partial charge in [0.15, 0.2) is 0 Å². The van der Waals surface area contributed by atoms with Crippen LogP contribution >= 0.6 is 11.6 Å². The molecule has 0 fully saturated rings. The number of benzene rings is 2. The standard InChI is InChI=1S/C14H10ClFN4O/c15-12-3-1-2-10(8-12)9-21-20-14(17-18-19-20)11-4-6-13(16)7-5-11/h1-8H,9H2. The van der Waals surface area contributed by atoms with E-state index in [0.29, 0.717) is 16.4 Å². The van der Waals surface area contributed by atoms with Crippen LogP contribution in [0.25, 0.3) is 11.4 Å². The molecule has 0 radical (unpaired) electrons. The Bertz CT molecular complexity index is 745. The molecular weight excluding hydrogens is 295 g/mol. The minimum Gasteiger partial charge on any atom is -0.389 e. The van der Waals surface area contributed by atoms with Crippen molar-refractivity contribution in [3.05, 3.63) is 64.9 Å². The van der Waals surface area contributed by atoms with Crippen LogP contribution < -0.4 is 4.84 Å². The van der Waals surface area contributed by atoms with Gasteiger partial charge >= 0.3 is 0 Å². The quantitative estimate of drug-likeness (QED) is 0.744. The molecule has 0 saturated heterocycles. The Balaban J connectivity index is 1.78. The topological polar surface area (TPSA) is 52.8 Å². The lowest BCUT2D eigenvalue weighted by Gasteiger charge is -2.07. The van der Waals surface area contributed by atoms with E-state index >= 15 is 0 Å². The first-order chi connectivity index (χ1) is 10.2. The molecule has 1 heterocycles. The molecule has 21 heavy (non-hydrogen) atoms. The third-order valence-electron chi connectivity index (χ3n) is 2.79. The maximum Gasteiger partial charge on any atom is 0.222 e. The predicted octanol–water partition coefficient (Wildman–Crippen LogP) is 2.76. The Morgan fingerprint density at radius 1 is 1.14 bits per heavy atom. The van der Waals surface area contributed by atoms with Gasteiger partial charge in [-0.2, -0.15) is 0 Å². The lowest BCUT2D eigenvalue weighted by molar-refractivity contribution is 0.0695. The van der Waals surface area contributed by atoms with Crippen molar-refractivity contribution in [2.24, 2.45) is 0 Å². The molecule has 0 aliphatic heterocycles. The van der Waals surface area contributed by atoms with Gasteiger partial charge in [0, 0.05) is 10.6 Å². The predicted molar refractivity (Wildman–Crippen MR) is 74.9 cm³/mol. The highest BCUT2D eigenvalue weighted by atomic mass is 35.5. The van der Waals surface area contributed by atoms with Crippen molar-refractivity contribution in [3.8, 4) is 11.4 Å². The minimum absolute atomic E-state index is 0.264. The van der Waals surface area contributed by atoms with Crippen LogP contribution in [0.3, 0.4) is 0 Å². The second kappa shape index (κ2) is 5.88. The SMILES string of the molecule is Fc1ccc(-c2nnnn2OCc2cccc(Cl)c2)cc1. The molecule has 106 valence electrons. The van der Waals surface area contributed by atoms with E-state index in [-0.39, 0.29) is 12.4 Å². The van der Waals surface area contributed by atoms with Crippen LogP contribution in [0.1, 0.15) is 5.56 Å². The Kier molecular flexibility index (Phi) is 3.79. The Morgan fingerprint density at radius 3 is 2.71 bits per heavy atom. The van der Waals surface area contributed by atoms with E-state index in [0.717, 1.165) is 5.56 Å². The molecule has 0 bridgehead atoms. The van der Waals surface area contributed by atoms with Gasteiger partial charge in [0.25, 0.3) is 0 Å². The fourth-order valence-corrected chi connectivity index (χ4v) is 2.01. The molecule has 0 aliphatic carbocycles. The molecule has 0 unspecified atom stereocenters. The van der Waals surface area contributed by atoms with Gasteiger partial charge in [-0.15, -0.1) is 5.10 Å². The van der Waals surface area contributed by atoms with Gasteiger partial charge in [0.05, 0.1) is 0 Å². The summed E-state index contributed by atoms with van der Waals surface area (Å²) in [5.41, 5.74) is 1.55. The van der Waals surface area contributed by atoms with Gasteiger partial charge in [0.2, 0.25) is 5.82 Å². The van der Waals surface area contributed by atoms with Crippen molar-refractivity contribution in [3.63, 3.8) is 0 Å². The molecule has 0 N–H and O–H groups in total. The fourth-order valence-electron chi connectivity index (χ4n) is 1.80. The lowest BCUT2D eigenvalue weighted by atomic mass is 10.2. The van der Waals surface area contributed by atoms with Gasteiger partial charge in [-0.3, -0.25) is 0 Å². The fraction of sp³-hybridized carbons (Fsp3) is 0.0714. The van der Waals surface area contributed by atoms with Crippen molar-refractivity contribution >= 4 is 11.6 Å². The maximum atomic E-state index is 12.9. The number of hydrogen-bond acceptors (Lipinski definition) is 4. The van der Waals surface area contributed by atoms with E-state index in [1.807, 2.05) is 12.1 Å². The molecule has 2 aromatic carbocycles. The Labute approximate surface area is 124 Å². The van der Waals surface area contributed by atoms with Gasteiger partial charge < -0.3 is 4.84 Å².